The van der Waals surface area contributed by atoms with E-state index < -0.39 is 0 Å². The molecule has 1 heterocycles. The minimum Gasteiger partial charge on any atom is -0.456 e. The van der Waals surface area contributed by atoms with Gasteiger partial charge in [-0.1, -0.05) is 188 Å². The Bertz CT molecular complexity index is 3910. The summed E-state index contributed by atoms with van der Waals surface area (Å²) in [5.74, 6) is 0.860. The van der Waals surface area contributed by atoms with Gasteiger partial charge in [0.25, 0.3) is 0 Å². The number of para-hydroxylation sites is 1. The summed E-state index contributed by atoms with van der Waals surface area (Å²) in [4.78, 5) is 2.33. The molecule has 0 fully saturated rings. The molecular formula is C66H43NO. The maximum atomic E-state index is 6.25. The summed E-state index contributed by atoms with van der Waals surface area (Å²) in [5.41, 5.74) is 14.7. The average molecular weight is 866 g/mol. The van der Waals surface area contributed by atoms with Crippen molar-refractivity contribution in [3.8, 4) is 55.8 Å². The monoisotopic (exact) mass is 865 g/mol. The van der Waals surface area contributed by atoms with Gasteiger partial charge in [0, 0.05) is 28.0 Å². The van der Waals surface area contributed by atoms with E-state index in [1.54, 1.807) is 0 Å². The Hall–Kier alpha value is -8.98. The van der Waals surface area contributed by atoms with Crippen molar-refractivity contribution in [2.45, 2.75) is 0 Å². The average Bonchev–Trinajstić information content (AvgIpc) is 3.86. The van der Waals surface area contributed by atoms with Crippen LogP contribution in [0, 0.1) is 0 Å². The second-order valence-corrected chi connectivity index (χ2v) is 17.7. The molecule has 0 unspecified atom stereocenters. The predicted molar refractivity (Wildman–Crippen MR) is 288 cm³/mol. The molecule has 0 aliphatic rings. The lowest BCUT2D eigenvalue weighted by Gasteiger charge is -2.26. The number of rotatable bonds is 8. The van der Waals surface area contributed by atoms with Crippen LogP contribution in [0.3, 0.4) is 0 Å². The van der Waals surface area contributed by atoms with Gasteiger partial charge in [0.2, 0.25) is 0 Å². The van der Waals surface area contributed by atoms with Gasteiger partial charge in [-0.3, -0.25) is 0 Å². The zero-order valence-electron chi connectivity index (χ0n) is 37.2. The number of benzene rings is 12. The van der Waals surface area contributed by atoms with E-state index in [2.05, 4.69) is 248 Å². The molecule has 13 rings (SSSR count). The molecular weight excluding hydrogens is 823 g/mol. The van der Waals surface area contributed by atoms with Gasteiger partial charge >= 0.3 is 0 Å². The van der Waals surface area contributed by atoms with Crippen LogP contribution >= 0.6 is 0 Å². The van der Waals surface area contributed by atoms with Crippen molar-refractivity contribution in [2.75, 3.05) is 4.90 Å². The number of hydrogen-bond acceptors (Lipinski definition) is 2. The lowest BCUT2D eigenvalue weighted by Crippen LogP contribution is -2.09. The molecule has 0 amide bonds. The third-order valence-corrected chi connectivity index (χ3v) is 13.7. The van der Waals surface area contributed by atoms with Crippen molar-refractivity contribution in [3.05, 3.63) is 261 Å². The van der Waals surface area contributed by atoms with Crippen LogP contribution in [-0.2, 0) is 0 Å². The van der Waals surface area contributed by atoms with Gasteiger partial charge in [-0.05, 0) is 160 Å². The van der Waals surface area contributed by atoms with Gasteiger partial charge in [0.15, 0.2) is 0 Å². The molecule has 318 valence electrons. The Morgan fingerprint density at radius 2 is 0.574 bits per heavy atom. The molecule has 0 aliphatic carbocycles. The molecule has 12 aromatic carbocycles. The zero-order valence-corrected chi connectivity index (χ0v) is 37.2. The van der Waals surface area contributed by atoms with E-state index in [0.29, 0.717) is 0 Å². The van der Waals surface area contributed by atoms with Crippen molar-refractivity contribution in [1.29, 1.82) is 0 Å². The van der Waals surface area contributed by atoms with E-state index in [1.807, 2.05) is 18.2 Å². The standard InChI is InChI=1S/C66H43NO/c1-2-10-52-41-53(26-25-44(52)9-1)49-21-17-45(18-22-49)47-27-34-56(35-28-47)67(58-38-31-51(32-39-58)66-43-55-11-3-8-16-65(55)68-66)57-36-29-48(30-37-57)46-19-23-50(24-20-46)54-33-40-63-61-14-5-4-12-59(61)60-13-6-7-15-62(60)64(63)42-54/h1-43H. The molecule has 13 aromatic rings. The highest BCUT2D eigenvalue weighted by Crippen LogP contribution is 2.40. The van der Waals surface area contributed by atoms with Crippen LogP contribution in [0.4, 0.5) is 17.1 Å². The topological polar surface area (TPSA) is 16.4 Å². The van der Waals surface area contributed by atoms with Crippen molar-refractivity contribution in [3.63, 3.8) is 0 Å². The van der Waals surface area contributed by atoms with Crippen LogP contribution < -0.4 is 4.90 Å². The van der Waals surface area contributed by atoms with Crippen molar-refractivity contribution in [1.82, 2.24) is 0 Å². The van der Waals surface area contributed by atoms with E-state index in [-0.39, 0.29) is 0 Å². The summed E-state index contributed by atoms with van der Waals surface area (Å²) in [6, 6.07) is 94.4. The summed E-state index contributed by atoms with van der Waals surface area (Å²) < 4.78 is 6.25. The molecule has 2 heteroatoms. The smallest absolute Gasteiger partial charge is 0.135 e. The maximum absolute atomic E-state index is 6.25. The first-order valence-electron chi connectivity index (χ1n) is 23.3. The first-order chi connectivity index (χ1) is 33.7. The molecule has 0 saturated heterocycles. The summed E-state index contributed by atoms with van der Waals surface area (Å²) in [6.45, 7) is 0. The van der Waals surface area contributed by atoms with E-state index in [1.165, 1.54) is 87.6 Å². The quantitative estimate of drug-likeness (QED) is 0.142. The number of furan rings is 1. The van der Waals surface area contributed by atoms with Crippen LogP contribution in [0.1, 0.15) is 0 Å². The minimum absolute atomic E-state index is 0.860. The van der Waals surface area contributed by atoms with Crippen molar-refractivity contribution < 1.29 is 4.42 Å². The van der Waals surface area contributed by atoms with Gasteiger partial charge in [0.05, 0.1) is 0 Å². The van der Waals surface area contributed by atoms with Crippen molar-refractivity contribution >= 4 is 71.1 Å². The Morgan fingerprint density at radius 1 is 0.221 bits per heavy atom. The molecule has 2 nitrogen and oxygen atoms in total. The number of anilines is 3. The summed E-state index contributed by atoms with van der Waals surface area (Å²) in [6.07, 6.45) is 0. The number of nitrogens with zero attached hydrogens (tertiary/aromatic N) is 1. The first kappa shape index (κ1) is 39.4. The zero-order chi connectivity index (χ0) is 45.0. The third-order valence-electron chi connectivity index (χ3n) is 13.7. The van der Waals surface area contributed by atoms with E-state index in [9.17, 15) is 0 Å². The second kappa shape index (κ2) is 16.5. The Morgan fingerprint density at radius 3 is 1.09 bits per heavy atom. The molecule has 0 bridgehead atoms. The molecule has 0 N–H and O–H groups in total. The molecule has 0 aliphatic heterocycles. The number of fused-ring (bicyclic) bond motifs is 8. The van der Waals surface area contributed by atoms with Gasteiger partial charge < -0.3 is 9.32 Å². The lowest BCUT2D eigenvalue weighted by atomic mass is 9.92. The highest BCUT2D eigenvalue weighted by molar-refractivity contribution is 6.25. The fraction of sp³-hybridized carbons (Fsp3) is 0. The molecule has 0 atom stereocenters. The number of hydrogen-bond donors (Lipinski definition) is 0. The molecule has 68 heavy (non-hydrogen) atoms. The fourth-order valence-electron chi connectivity index (χ4n) is 10.1. The van der Waals surface area contributed by atoms with E-state index in [4.69, 9.17) is 4.42 Å². The van der Waals surface area contributed by atoms with Gasteiger partial charge in [-0.25, -0.2) is 0 Å². The summed E-state index contributed by atoms with van der Waals surface area (Å²) >= 11 is 0. The van der Waals surface area contributed by atoms with Crippen LogP contribution in [-0.4, -0.2) is 0 Å². The third kappa shape index (κ3) is 7.08. The van der Waals surface area contributed by atoms with E-state index >= 15 is 0 Å². The Kier molecular flexibility index (Phi) is 9.54. The molecule has 1 aromatic heterocycles. The first-order valence-corrected chi connectivity index (χ1v) is 23.3. The fourth-order valence-corrected chi connectivity index (χ4v) is 10.1. The molecule has 0 spiro atoms. The minimum atomic E-state index is 0.860. The highest BCUT2D eigenvalue weighted by atomic mass is 16.3. The van der Waals surface area contributed by atoms with Crippen molar-refractivity contribution in [2.24, 2.45) is 0 Å². The van der Waals surface area contributed by atoms with Crippen LogP contribution in [0.15, 0.2) is 265 Å². The highest BCUT2D eigenvalue weighted by Gasteiger charge is 2.16. The maximum Gasteiger partial charge on any atom is 0.135 e. The SMILES string of the molecule is c1ccc2cc(-c3ccc(-c4ccc(N(c5ccc(-c6ccc(-c7ccc8c9ccccc9c9ccccc9c8c7)cc6)cc5)c5ccc(-c6cc7ccccc7o6)cc5)cc4)cc3)ccc2c1. The predicted octanol–water partition coefficient (Wildman–Crippen LogP) is 18.9. The van der Waals surface area contributed by atoms with Gasteiger partial charge in [-0.2, -0.15) is 0 Å². The largest absolute Gasteiger partial charge is 0.456 e. The van der Waals surface area contributed by atoms with Crippen LogP contribution in [0.2, 0.25) is 0 Å². The Balaban J connectivity index is 0.807. The Labute approximate surface area is 395 Å². The summed E-state index contributed by atoms with van der Waals surface area (Å²) in [7, 11) is 0. The normalized spacial score (nSPS) is 11.5. The summed E-state index contributed by atoms with van der Waals surface area (Å²) in [5, 5.41) is 11.3. The molecule has 0 radical (unpaired) electrons. The lowest BCUT2D eigenvalue weighted by molar-refractivity contribution is 0.631. The molecule has 0 saturated carbocycles. The van der Waals surface area contributed by atoms with Gasteiger partial charge in [0.1, 0.15) is 11.3 Å². The second-order valence-electron chi connectivity index (χ2n) is 17.7. The van der Waals surface area contributed by atoms with Crippen LogP contribution in [0.5, 0.6) is 0 Å². The van der Waals surface area contributed by atoms with Gasteiger partial charge in [-0.15, -0.1) is 0 Å². The van der Waals surface area contributed by atoms with Crippen LogP contribution in [0.25, 0.3) is 110 Å². The van der Waals surface area contributed by atoms with E-state index in [0.717, 1.165) is 39.4 Å².